The van der Waals surface area contributed by atoms with E-state index in [-0.39, 0.29) is 5.41 Å². The third-order valence-electron chi connectivity index (χ3n) is 14.5. The normalized spacial score (nSPS) is 22.3. The van der Waals surface area contributed by atoms with Crippen LogP contribution < -0.4 is 22.5 Å². The van der Waals surface area contributed by atoms with Gasteiger partial charge in [-0.2, -0.15) is 0 Å². The van der Waals surface area contributed by atoms with Crippen LogP contribution in [0.3, 0.4) is 0 Å². The van der Waals surface area contributed by atoms with E-state index in [2.05, 4.69) is 33.3 Å². The fraction of sp³-hybridized carbons (Fsp3) is 0.133. The molecule has 1 aliphatic carbocycles. The summed E-state index contributed by atoms with van der Waals surface area (Å²) in [5.41, 5.74) is 4.88. The van der Waals surface area contributed by atoms with E-state index < -0.39 is 157 Å². The van der Waals surface area contributed by atoms with Crippen LogP contribution in [0.25, 0.3) is 55.0 Å². The van der Waals surface area contributed by atoms with E-state index in [1.165, 1.54) is 0 Å². The van der Waals surface area contributed by atoms with Crippen molar-refractivity contribution < 1.29 is 26.0 Å². The van der Waals surface area contributed by atoms with Gasteiger partial charge in [0.2, 0.25) is 0 Å². The first-order chi connectivity index (χ1) is 40.4. The Hall–Kier alpha value is -7.22. The summed E-state index contributed by atoms with van der Waals surface area (Å²) in [7, 11) is 0. The summed E-state index contributed by atoms with van der Waals surface area (Å²) >= 11 is -7.10. The zero-order valence-corrected chi connectivity index (χ0v) is 37.9. The predicted octanol–water partition coefficient (Wildman–Crippen LogP) is 11.8. The topological polar surface area (TPSA) is 38.9 Å². The van der Waals surface area contributed by atoms with Crippen molar-refractivity contribution in [3.63, 3.8) is 0 Å². The Morgan fingerprint density at radius 3 is 1.77 bits per heavy atom. The minimum atomic E-state index is -7.10. The molecule has 318 valence electrons. The van der Waals surface area contributed by atoms with Crippen LogP contribution in [-0.2, 0) is 5.41 Å². The van der Waals surface area contributed by atoms with Gasteiger partial charge in [-0.15, -0.1) is 0 Å². The zero-order valence-electron chi connectivity index (χ0n) is 54.8. The molecule has 0 bridgehead atoms. The molecule has 11 aromatic rings. The van der Waals surface area contributed by atoms with Crippen LogP contribution in [0, 0.1) is 0 Å². The van der Waals surface area contributed by atoms with Crippen molar-refractivity contribution >= 4 is 85.8 Å². The number of rotatable bonds is 7. The second-order valence-corrected chi connectivity index (χ2v) is 24.8. The van der Waals surface area contributed by atoms with Crippen molar-refractivity contribution in [2.45, 2.75) is 50.5 Å². The first-order valence-electron chi connectivity index (χ1n) is 31.4. The fourth-order valence-corrected chi connectivity index (χ4v) is 18.7. The molecular weight excluding hydrogens is 863 g/mol. The maximum atomic E-state index is 10.8. The van der Waals surface area contributed by atoms with Crippen LogP contribution in [0.4, 0.5) is 11.4 Å². The van der Waals surface area contributed by atoms with E-state index in [4.69, 9.17) is 12.3 Å². The summed E-state index contributed by atoms with van der Waals surface area (Å²) in [6.45, 7) is 4.55. The van der Waals surface area contributed by atoms with E-state index >= 15 is 0 Å². The summed E-state index contributed by atoms with van der Waals surface area (Å²) in [5.74, 6) is 0. The average molecular weight is 932 g/mol. The van der Waals surface area contributed by atoms with Gasteiger partial charge in [-0.3, -0.25) is 9.97 Å². The Morgan fingerprint density at radius 2 is 1.06 bits per heavy atom. The number of para-hydroxylation sites is 1. The molecule has 6 heteroatoms. The van der Waals surface area contributed by atoms with E-state index in [0.717, 1.165) is 64.4 Å². The second-order valence-electron chi connectivity index (χ2n) is 17.5. The average Bonchev–Trinajstić information content (AvgIpc) is 0.954. The summed E-state index contributed by atoms with van der Waals surface area (Å²) < 4.78 is 180. The van der Waals surface area contributed by atoms with Gasteiger partial charge in [0.15, 0.2) is 0 Å². The van der Waals surface area contributed by atoms with Gasteiger partial charge < -0.3 is 0 Å². The van der Waals surface area contributed by atoms with Crippen LogP contribution in [0.1, 0.15) is 71.1 Å². The van der Waals surface area contributed by atoms with Crippen molar-refractivity contribution in [3.8, 4) is 11.4 Å². The third-order valence-corrected chi connectivity index (χ3v) is 22.9. The van der Waals surface area contributed by atoms with Crippen molar-refractivity contribution in [1.29, 1.82) is 0 Å². The molecule has 0 saturated heterocycles. The van der Waals surface area contributed by atoms with Crippen molar-refractivity contribution in [2.75, 3.05) is 4.90 Å². The quantitative estimate of drug-likeness (QED) is 0.150. The first kappa shape index (κ1) is 24.3. The number of aromatic nitrogens is 4. The number of pyridine rings is 2. The van der Waals surface area contributed by atoms with Gasteiger partial charge in [0.25, 0.3) is 0 Å². The SMILES string of the molecule is [2H]c1c([2H])c([2H])[c]([Ge]([c]2c([2H])c([2H])c([2H])c([2H])c2[2H])([c]2c([2H])c([2H])c([2H])c([2H])c2[2H])[c]2c([2H])c([2H])c([2H])c(-n3c4ccc(N5c6ccncc6C6(C)CCCCC56C)cc4c4cc(-n5c6ccccc6c6cnccc65)ccc43)c2[2H])c([2H])c1[2H]. The van der Waals surface area contributed by atoms with E-state index in [9.17, 15) is 13.7 Å². The van der Waals surface area contributed by atoms with Crippen molar-refractivity contribution in [1.82, 2.24) is 19.1 Å². The molecular formula is C60H49GeN5. The van der Waals surface area contributed by atoms with Gasteiger partial charge in [-0.25, -0.2) is 0 Å². The summed E-state index contributed by atoms with van der Waals surface area (Å²) in [6, 6.07) is 4.44. The standard InChI is InChI=1S/C60H49GeN5/c1-59-33-14-15-34-60(59,2)66(58-32-36-63-41-53(58)59)48-28-30-56-51(39-48)50-38-47(65-54-26-13-12-25-49(54)52-40-62-35-31-57(52)65)27-29-55(50)64(56)46-24-16-23-45(37-46)61(42-17-6-3-7-18-42,43-19-8-4-9-20-43)44-21-10-5-11-22-44/h3-13,16-32,35-41H,14-15,33-34H2,1-2H3/i3D,4D,5D,6D,7D,8D,9D,10D,11D,16D,17D,18D,19D,20D,21D,22D,23D,24D,37D. The molecule has 5 heterocycles. The maximum absolute atomic E-state index is 10.8. The molecule has 1 aliphatic heterocycles. The van der Waals surface area contributed by atoms with E-state index in [1.54, 1.807) is 29.2 Å². The predicted molar refractivity (Wildman–Crippen MR) is 277 cm³/mol. The fourth-order valence-electron chi connectivity index (χ4n) is 11.3. The Labute approximate surface area is 414 Å². The van der Waals surface area contributed by atoms with Crippen LogP contribution in [0.2, 0.25) is 0 Å². The molecule has 66 heavy (non-hydrogen) atoms. The first-order valence-corrected chi connectivity index (χ1v) is 26.1. The Morgan fingerprint density at radius 1 is 0.500 bits per heavy atom. The van der Waals surface area contributed by atoms with Crippen molar-refractivity contribution in [3.05, 3.63) is 218 Å². The Bertz CT molecular complexity index is 4500. The molecule has 2 atom stereocenters. The summed E-state index contributed by atoms with van der Waals surface area (Å²) in [5, 5.41) is 3.01. The summed E-state index contributed by atoms with van der Waals surface area (Å²) in [4.78, 5) is 11.4. The summed E-state index contributed by atoms with van der Waals surface area (Å²) in [6.07, 6.45) is 11.0. The van der Waals surface area contributed by atoms with Crippen LogP contribution in [0.5, 0.6) is 0 Å². The van der Waals surface area contributed by atoms with Gasteiger partial charge in [-0.1, -0.05) is 12.5 Å². The van der Waals surface area contributed by atoms with Crippen LogP contribution >= 0.6 is 0 Å². The molecule has 13 rings (SSSR count). The molecule has 2 aliphatic rings. The number of anilines is 2. The molecule has 4 aromatic heterocycles. The van der Waals surface area contributed by atoms with Gasteiger partial charge in [-0.05, 0) is 0 Å². The zero-order chi connectivity index (χ0) is 60.6. The molecule has 1 fully saturated rings. The van der Waals surface area contributed by atoms with Gasteiger partial charge in [0.05, 0.1) is 0 Å². The van der Waals surface area contributed by atoms with Crippen molar-refractivity contribution in [2.24, 2.45) is 0 Å². The molecule has 0 spiro atoms. The van der Waals surface area contributed by atoms with E-state index in [1.807, 2.05) is 72.9 Å². The number of nitrogens with zero attached hydrogens (tertiary/aromatic N) is 5. The number of hydrogen-bond acceptors (Lipinski definition) is 3. The number of fused-ring (bicyclic) bond motifs is 9. The van der Waals surface area contributed by atoms with Crippen LogP contribution in [0.15, 0.2) is 212 Å². The second kappa shape index (κ2) is 14.9. The van der Waals surface area contributed by atoms with Gasteiger partial charge in [0, 0.05) is 0 Å². The number of benzene rings is 7. The molecule has 0 amide bonds. The molecule has 1 saturated carbocycles. The molecule has 2 unspecified atom stereocenters. The molecule has 5 nitrogen and oxygen atoms in total. The number of hydrogen-bond donors (Lipinski definition) is 0. The van der Waals surface area contributed by atoms with Gasteiger partial charge in [0.1, 0.15) is 0 Å². The van der Waals surface area contributed by atoms with E-state index in [0.29, 0.717) is 27.5 Å². The Balaban J connectivity index is 1.23. The molecule has 0 radical (unpaired) electrons. The van der Waals surface area contributed by atoms with Crippen LogP contribution in [-0.4, -0.2) is 37.9 Å². The third kappa shape index (κ3) is 5.47. The monoisotopic (exact) mass is 932 g/mol. The molecule has 0 N–H and O–H groups in total. The minimum absolute atomic E-state index is 0.298. The Kier molecular flexibility index (Phi) is 5.50. The van der Waals surface area contributed by atoms with Gasteiger partial charge >= 0.3 is 393 Å². The molecule has 7 aromatic carbocycles.